The van der Waals surface area contributed by atoms with Gasteiger partial charge in [-0.15, -0.1) is 11.3 Å². The van der Waals surface area contributed by atoms with Crippen LogP contribution >= 0.6 is 11.3 Å². The molecule has 1 amide bonds. The predicted octanol–water partition coefficient (Wildman–Crippen LogP) is 3.06. The van der Waals surface area contributed by atoms with Crippen molar-refractivity contribution in [1.29, 1.82) is 0 Å². The molecule has 0 saturated carbocycles. The monoisotopic (exact) mass is 438 g/mol. The van der Waals surface area contributed by atoms with Crippen LogP contribution in [0.1, 0.15) is 13.8 Å². The number of carbonyl (C=O) groups is 1. The second kappa shape index (κ2) is 8.55. The SMILES string of the molecule is COc1ccccc1N1CCN(C(=O)C(C)(C)n2nc(-c3cccs3)ccc2=O)CC1. The summed E-state index contributed by atoms with van der Waals surface area (Å²) >= 11 is 1.55. The number of ether oxygens (including phenoxy) is 1. The Bertz CT molecular complexity index is 1120. The van der Waals surface area contributed by atoms with Crippen LogP contribution in [0.5, 0.6) is 5.75 Å². The molecule has 1 fully saturated rings. The zero-order valence-corrected chi connectivity index (χ0v) is 18.8. The first-order valence-electron chi connectivity index (χ1n) is 10.2. The second-order valence-electron chi connectivity index (χ2n) is 7.96. The number of rotatable bonds is 5. The van der Waals surface area contributed by atoms with E-state index >= 15 is 0 Å². The summed E-state index contributed by atoms with van der Waals surface area (Å²) in [5.41, 5.74) is 0.345. The van der Waals surface area contributed by atoms with Crippen molar-refractivity contribution >= 4 is 22.9 Å². The number of piperazine rings is 1. The van der Waals surface area contributed by atoms with E-state index in [1.807, 2.05) is 46.7 Å². The highest BCUT2D eigenvalue weighted by Gasteiger charge is 2.37. The zero-order valence-electron chi connectivity index (χ0n) is 17.9. The minimum atomic E-state index is -1.09. The summed E-state index contributed by atoms with van der Waals surface area (Å²) in [7, 11) is 1.66. The maximum absolute atomic E-state index is 13.4. The fourth-order valence-electron chi connectivity index (χ4n) is 3.89. The number of methoxy groups -OCH3 is 1. The Morgan fingerprint density at radius 3 is 2.45 bits per heavy atom. The molecule has 31 heavy (non-hydrogen) atoms. The Kier molecular flexibility index (Phi) is 5.82. The van der Waals surface area contributed by atoms with E-state index in [1.54, 1.807) is 38.4 Å². The lowest BCUT2D eigenvalue weighted by Gasteiger charge is -2.39. The smallest absolute Gasteiger partial charge is 0.267 e. The van der Waals surface area contributed by atoms with Crippen molar-refractivity contribution in [3.63, 3.8) is 0 Å². The number of benzene rings is 1. The molecule has 4 rings (SSSR count). The Hall–Kier alpha value is -3.13. The van der Waals surface area contributed by atoms with Crippen LogP contribution in [0, 0.1) is 0 Å². The minimum Gasteiger partial charge on any atom is -0.495 e. The Labute approximate surface area is 185 Å². The standard InChI is InChI=1S/C23H26N4O3S/c1-23(2,27-21(28)11-10-17(24-27)20-9-6-16-31-20)22(29)26-14-12-25(13-15-26)18-7-4-5-8-19(18)30-3/h4-11,16H,12-15H2,1-3H3. The van der Waals surface area contributed by atoms with E-state index in [9.17, 15) is 9.59 Å². The van der Waals surface area contributed by atoms with Gasteiger partial charge in [0, 0.05) is 32.2 Å². The molecule has 0 unspecified atom stereocenters. The van der Waals surface area contributed by atoms with E-state index in [0.717, 1.165) is 16.3 Å². The van der Waals surface area contributed by atoms with Crippen LogP contribution in [-0.2, 0) is 10.3 Å². The van der Waals surface area contributed by atoms with Crippen molar-refractivity contribution in [2.45, 2.75) is 19.4 Å². The van der Waals surface area contributed by atoms with Gasteiger partial charge in [0.25, 0.3) is 5.56 Å². The molecule has 0 atom stereocenters. The van der Waals surface area contributed by atoms with Crippen molar-refractivity contribution in [3.05, 3.63) is 64.3 Å². The summed E-state index contributed by atoms with van der Waals surface area (Å²) in [4.78, 5) is 31.0. The number of carbonyl (C=O) groups excluding carboxylic acids is 1. The Morgan fingerprint density at radius 1 is 1.03 bits per heavy atom. The summed E-state index contributed by atoms with van der Waals surface area (Å²) in [5, 5.41) is 6.49. The quantitative estimate of drug-likeness (QED) is 0.613. The molecule has 1 aliphatic rings. The highest BCUT2D eigenvalue weighted by molar-refractivity contribution is 7.13. The lowest BCUT2D eigenvalue weighted by atomic mass is 10.0. The number of aromatic nitrogens is 2. The highest BCUT2D eigenvalue weighted by Crippen LogP contribution is 2.29. The fourth-order valence-corrected chi connectivity index (χ4v) is 4.58. The first kappa shape index (κ1) is 21.1. The van der Waals surface area contributed by atoms with Crippen LogP contribution in [0.2, 0.25) is 0 Å². The Morgan fingerprint density at radius 2 is 1.77 bits per heavy atom. The molecule has 0 spiro atoms. The molecule has 162 valence electrons. The molecule has 0 N–H and O–H groups in total. The number of para-hydroxylation sites is 2. The number of hydrogen-bond donors (Lipinski definition) is 0. The summed E-state index contributed by atoms with van der Waals surface area (Å²) < 4.78 is 6.79. The summed E-state index contributed by atoms with van der Waals surface area (Å²) in [5.74, 6) is 0.717. The molecule has 8 heteroatoms. The van der Waals surface area contributed by atoms with Gasteiger partial charge in [-0.25, -0.2) is 4.68 Å². The van der Waals surface area contributed by atoms with Crippen molar-refractivity contribution in [2.75, 3.05) is 38.2 Å². The molecule has 0 radical (unpaired) electrons. The average molecular weight is 439 g/mol. The molecule has 1 aromatic carbocycles. The molecule has 1 saturated heterocycles. The summed E-state index contributed by atoms with van der Waals surface area (Å²) in [6.07, 6.45) is 0. The first-order chi connectivity index (χ1) is 14.9. The van der Waals surface area contributed by atoms with Crippen LogP contribution in [0.25, 0.3) is 10.6 Å². The van der Waals surface area contributed by atoms with Gasteiger partial charge in [-0.05, 0) is 43.5 Å². The van der Waals surface area contributed by atoms with Crippen LogP contribution in [0.4, 0.5) is 5.69 Å². The third-order valence-electron chi connectivity index (χ3n) is 5.62. The molecule has 3 aromatic rings. The van der Waals surface area contributed by atoms with Crippen LogP contribution in [-0.4, -0.2) is 53.9 Å². The highest BCUT2D eigenvalue weighted by atomic mass is 32.1. The van der Waals surface area contributed by atoms with E-state index in [-0.39, 0.29) is 11.5 Å². The third-order valence-corrected chi connectivity index (χ3v) is 6.51. The van der Waals surface area contributed by atoms with Crippen molar-refractivity contribution < 1.29 is 9.53 Å². The molecule has 0 aliphatic carbocycles. The van der Waals surface area contributed by atoms with Crippen LogP contribution in [0.3, 0.4) is 0 Å². The van der Waals surface area contributed by atoms with Crippen LogP contribution in [0.15, 0.2) is 58.7 Å². The number of anilines is 1. The zero-order chi connectivity index (χ0) is 22.0. The summed E-state index contributed by atoms with van der Waals surface area (Å²) in [6.45, 7) is 6.04. The fraction of sp³-hybridized carbons (Fsp3) is 0.348. The van der Waals surface area contributed by atoms with E-state index in [2.05, 4.69) is 10.00 Å². The van der Waals surface area contributed by atoms with E-state index < -0.39 is 5.54 Å². The van der Waals surface area contributed by atoms with Gasteiger partial charge in [-0.1, -0.05) is 18.2 Å². The van der Waals surface area contributed by atoms with Crippen molar-refractivity contribution in [3.8, 4) is 16.3 Å². The maximum atomic E-state index is 13.4. The predicted molar refractivity (Wildman–Crippen MR) is 123 cm³/mol. The number of hydrogen-bond acceptors (Lipinski definition) is 6. The van der Waals surface area contributed by atoms with Crippen LogP contribution < -0.4 is 15.2 Å². The molecule has 2 aromatic heterocycles. The number of thiophene rings is 1. The molecule has 7 nitrogen and oxygen atoms in total. The lowest BCUT2D eigenvalue weighted by molar-refractivity contribution is -0.140. The molecule has 0 bridgehead atoms. The van der Waals surface area contributed by atoms with E-state index in [4.69, 9.17) is 4.74 Å². The lowest BCUT2D eigenvalue weighted by Crippen LogP contribution is -2.56. The average Bonchev–Trinajstić information content (AvgIpc) is 3.34. The molecule has 1 aliphatic heterocycles. The minimum absolute atomic E-state index is 0.106. The molecular weight excluding hydrogens is 412 g/mol. The maximum Gasteiger partial charge on any atom is 0.267 e. The van der Waals surface area contributed by atoms with E-state index in [1.165, 1.54) is 10.7 Å². The van der Waals surface area contributed by atoms with E-state index in [0.29, 0.717) is 31.9 Å². The second-order valence-corrected chi connectivity index (χ2v) is 8.90. The summed E-state index contributed by atoms with van der Waals surface area (Å²) in [6, 6.07) is 15.0. The normalized spacial score (nSPS) is 14.5. The van der Waals surface area contributed by atoms with Gasteiger partial charge in [0.2, 0.25) is 5.91 Å². The molecular formula is C23H26N4O3S. The Balaban J connectivity index is 1.52. The van der Waals surface area contributed by atoms with Gasteiger partial charge < -0.3 is 14.5 Å². The van der Waals surface area contributed by atoms with Crippen molar-refractivity contribution in [1.82, 2.24) is 14.7 Å². The van der Waals surface area contributed by atoms with Gasteiger partial charge in [-0.3, -0.25) is 9.59 Å². The molecule has 3 heterocycles. The first-order valence-corrected chi connectivity index (χ1v) is 11.1. The largest absolute Gasteiger partial charge is 0.495 e. The number of amides is 1. The van der Waals surface area contributed by atoms with Gasteiger partial charge in [-0.2, -0.15) is 5.10 Å². The van der Waals surface area contributed by atoms with Gasteiger partial charge in [0.15, 0.2) is 0 Å². The van der Waals surface area contributed by atoms with Gasteiger partial charge in [0.05, 0.1) is 17.7 Å². The third kappa shape index (κ3) is 4.07. The van der Waals surface area contributed by atoms with Gasteiger partial charge in [0.1, 0.15) is 17.0 Å². The topological polar surface area (TPSA) is 67.7 Å². The van der Waals surface area contributed by atoms with Crippen molar-refractivity contribution in [2.24, 2.45) is 0 Å². The number of nitrogens with zero attached hydrogens (tertiary/aromatic N) is 4. The van der Waals surface area contributed by atoms with Gasteiger partial charge >= 0.3 is 0 Å².